The lowest BCUT2D eigenvalue weighted by Crippen LogP contribution is -2.21. The van der Waals surface area contributed by atoms with E-state index in [4.69, 9.17) is 0 Å². The summed E-state index contributed by atoms with van der Waals surface area (Å²) in [4.78, 5) is 26.5. The smallest absolute Gasteiger partial charge is 0.262 e. The molecule has 2 heterocycles. The molecule has 5 nitrogen and oxygen atoms in total. The number of fused-ring (bicyclic) bond motifs is 3. The highest BCUT2D eigenvalue weighted by Gasteiger charge is 2.20. The van der Waals surface area contributed by atoms with Crippen LogP contribution in [0.3, 0.4) is 0 Å². The molecule has 0 unspecified atom stereocenters. The highest BCUT2D eigenvalue weighted by molar-refractivity contribution is 5.94. The number of rotatable bonds is 1. The van der Waals surface area contributed by atoms with E-state index in [1.54, 1.807) is 11.4 Å². The largest absolute Gasteiger partial charge is 0.306 e. The number of nitrogens with one attached hydrogen (secondary N) is 1. The second-order valence-corrected chi connectivity index (χ2v) is 5.22. The van der Waals surface area contributed by atoms with Gasteiger partial charge < -0.3 is 4.98 Å². The van der Waals surface area contributed by atoms with Crippen molar-refractivity contribution in [1.82, 2.24) is 14.6 Å². The van der Waals surface area contributed by atoms with Gasteiger partial charge in [-0.15, -0.1) is 0 Å². The zero-order chi connectivity index (χ0) is 13.6. The lowest BCUT2D eigenvalue weighted by Gasteiger charge is -2.05. The molecule has 2 aromatic rings. The van der Waals surface area contributed by atoms with Gasteiger partial charge in [0.05, 0.1) is 11.4 Å². The third-order valence-electron chi connectivity index (χ3n) is 3.90. The molecule has 2 aromatic heterocycles. The molecule has 1 N–H and O–H groups in total. The SMILES string of the molecule is CC(=O)c1c(C)n2nc3c(c2[nH]c1=O)CCCCC3. The average Bonchev–Trinajstić information content (AvgIpc) is 2.55. The van der Waals surface area contributed by atoms with Crippen molar-refractivity contribution in [2.24, 2.45) is 0 Å². The topological polar surface area (TPSA) is 67.2 Å². The summed E-state index contributed by atoms with van der Waals surface area (Å²) in [7, 11) is 0. The molecule has 1 aliphatic carbocycles. The van der Waals surface area contributed by atoms with Crippen LogP contribution in [0.1, 0.15) is 53.5 Å². The van der Waals surface area contributed by atoms with Crippen LogP contribution in [0.2, 0.25) is 0 Å². The molecule has 5 heteroatoms. The Hall–Kier alpha value is -1.91. The second-order valence-electron chi connectivity index (χ2n) is 5.22. The van der Waals surface area contributed by atoms with Gasteiger partial charge in [-0.05, 0) is 39.5 Å². The minimum Gasteiger partial charge on any atom is -0.306 e. The van der Waals surface area contributed by atoms with Crippen molar-refractivity contribution in [2.45, 2.75) is 46.0 Å². The summed E-state index contributed by atoms with van der Waals surface area (Å²) in [6.45, 7) is 3.20. The summed E-state index contributed by atoms with van der Waals surface area (Å²) in [6.07, 6.45) is 5.38. The number of carbonyl (C=O) groups is 1. The molecule has 0 aliphatic heterocycles. The Morgan fingerprint density at radius 3 is 2.74 bits per heavy atom. The van der Waals surface area contributed by atoms with Gasteiger partial charge in [0.25, 0.3) is 5.56 Å². The molecule has 0 amide bonds. The Morgan fingerprint density at radius 2 is 2.00 bits per heavy atom. The molecule has 0 fully saturated rings. The number of hydrogen-bond donors (Lipinski definition) is 1. The molecule has 0 saturated carbocycles. The van der Waals surface area contributed by atoms with E-state index in [1.165, 1.54) is 13.3 Å². The van der Waals surface area contributed by atoms with E-state index in [0.717, 1.165) is 42.6 Å². The van der Waals surface area contributed by atoms with Crippen LogP contribution in [0.25, 0.3) is 5.65 Å². The Bertz CT molecular complexity index is 724. The first kappa shape index (κ1) is 12.1. The number of aromatic nitrogens is 3. The second kappa shape index (κ2) is 4.33. The van der Waals surface area contributed by atoms with Gasteiger partial charge in [-0.3, -0.25) is 9.59 Å². The van der Waals surface area contributed by atoms with Gasteiger partial charge in [-0.1, -0.05) is 6.42 Å². The maximum atomic E-state index is 12.0. The molecular weight excluding hydrogens is 242 g/mol. The van der Waals surface area contributed by atoms with Crippen molar-refractivity contribution in [2.75, 3.05) is 0 Å². The van der Waals surface area contributed by atoms with Gasteiger partial charge in [-0.2, -0.15) is 5.10 Å². The molecule has 1 aliphatic rings. The fourth-order valence-corrected chi connectivity index (χ4v) is 2.96. The van der Waals surface area contributed by atoms with Gasteiger partial charge in [0.15, 0.2) is 5.78 Å². The molecule has 0 aromatic carbocycles. The summed E-state index contributed by atoms with van der Waals surface area (Å²) >= 11 is 0. The predicted molar refractivity (Wildman–Crippen MR) is 71.8 cm³/mol. The molecule has 0 spiro atoms. The quantitative estimate of drug-likeness (QED) is 0.627. The molecule has 0 radical (unpaired) electrons. The van der Waals surface area contributed by atoms with Gasteiger partial charge in [-0.25, -0.2) is 4.52 Å². The van der Waals surface area contributed by atoms with Crippen molar-refractivity contribution >= 4 is 11.4 Å². The van der Waals surface area contributed by atoms with Crippen LogP contribution in [0.5, 0.6) is 0 Å². The van der Waals surface area contributed by atoms with E-state index in [2.05, 4.69) is 10.1 Å². The zero-order valence-corrected chi connectivity index (χ0v) is 11.2. The zero-order valence-electron chi connectivity index (χ0n) is 11.2. The van der Waals surface area contributed by atoms with Crippen LogP contribution in [-0.2, 0) is 12.8 Å². The van der Waals surface area contributed by atoms with E-state index in [0.29, 0.717) is 5.69 Å². The van der Waals surface area contributed by atoms with E-state index in [9.17, 15) is 9.59 Å². The Kier molecular flexibility index (Phi) is 2.77. The molecule has 0 atom stereocenters. The van der Waals surface area contributed by atoms with Gasteiger partial charge >= 0.3 is 0 Å². The van der Waals surface area contributed by atoms with Crippen LogP contribution < -0.4 is 5.56 Å². The summed E-state index contributed by atoms with van der Waals surface area (Å²) in [5.74, 6) is -0.216. The number of aromatic amines is 1. The minimum absolute atomic E-state index is 0.213. The third kappa shape index (κ3) is 1.80. The van der Waals surface area contributed by atoms with E-state index in [1.807, 2.05) is 0 Å². The lowest BCUT2D eigenvalue weighted by atomic mass is 10.1. The summed E-state index contributed by atoms with van der Waals surface area (Å²) in [6, 6.07) is 0. The third-order valence-corrected chi connectivity index (χ3v) is 3.90. The number of nitrogens with zero attached hydrogens (tertiary/aromatic N) is 2. The van der Waals surface area contributed by atoms with E-state index >= 15 is 0 Å². The number of ketones is 1. The van der Waals surface area contributed by atoms with Crippen molar-refractivity contribution in [3.8, 4) is 0 Å². The Morgan fingerprint density at radius 1 is 1.26 bits per heavy atom. The number of aryl methyl sites for hydroxylation is 3. The predicted octanol–water partition coefficient (Wildman–Crippen LogP) is 1.80. The summed E-state index contributed by atoms with van der Waals surface area (Å²) < 4.78 is 1.73. The van der Waals surface area contributed by atoms with E-state index in [-0.39, 0.29) is 16.9 Å². The van der Waals surface area contributed by atoms with Gasteiger partial charge in [0.2, 0.25) is 0 Å². The number of Topliss-reactive ketones (excluding diaryl/α,β-unsaturated/α-hetero) is 1. The molecule has 100 valence electrons. The average molecular weight is 259 g/mol. The highest BCUT2D eigenvalue weighted by atomic mass is 16.1. The molecule has 0 bridgehead atoms. The number of carbonyl (C=O) groups excluding carboxylic acids is 1. The first-order valence-corrected chi connectivity index (χ1v) is 6.74. The minimum atomic E-state index is -0.301. The van der Waals surface area contributed by atoms with Crippen molar-refractivity contribution in [3.05, 3.63) is 32.9 Å². The van der Waals surface area contributed by atoms with Gasteiger partial charge in [0, 0.05) is 5.56 Å². The highest BCUT2D eigenvalue weighted by Crippen LogP contribution is 2.23. The van der Waals surface area contributed by atoms with Crippen molar-refractivity contribution in [3.63, 3.8) is 0 Å². The van der Waals surface area contributed by atoms with E-state index < -0.39 is 0 Å². The van der Waals surface area contributed by atoms with Crippen LogP contribution >= 0.6 is 0 Å². The van der Waals surface area contributed by atoms with Crippen LogP contribution in [0.15, 0.2) is 4.79 Å². The standard InChI is InChI=1S/C14H17N3O2/c1-8-12(9(2)18)14(19)15-13-10-6-4-3-5-7-11(10)16-17(8)13/h3-7H2,1-2H3,(H,15,19). The summed E-state index contributed by atoms with van der Waals surface area (Å²) in [5, 5.41) is 4.59. The number of hydrogen-bond acceptors (Lipinski definition) is 3. The molecule has 3 rings (SSSR count). The molecule has 19 heavy (non-hydrogen) atoms. The lowest BCUT2D eigenvalue weighted by molar-refractivity contribution is 0.101. The van der Waals surface area contributed by atoms with Crippen LogP contribution in [0.4, 0.5) is 0 Å². The maximum absolute atomic E-state index is 12.0. The van der Waals surface area contributed by atoms with Crippen LogP contribution in [0, 0.1) is 6.92 Å². The normalized spacial score (nSPS) is 15.3. The fraction of sp³-hybridized carbons (Fsp3) is 0.500. The Balaban J connectivity index is 2.35. The van der Waals surface area contributed by atoms with Gasteiger partial charge in [0.1, 0.15) is 11.2 Å². The first-order valence-electron chi connectivity index (χ1n) is 6.74. The maximum Gasteiger partial charge on any atom is 0.262 e. The van der Waals surface area contributed by atoms with Crippen LogP contribution in [-0.4, -0.2) is 20.4 Å². The first-order chi connectivity index (χ1) is 9.09. The summed E-state index contributed by atoms with van der Waals surface area (Å²) in [5.41, 5.74) is 3.53. The number of H-pyrrole nitrogens is 1. The monoisotopic (exact) mass is 259 g/mol. The molecular formula is C14H17N3O2. The van der Waals surface area contributed by atoms with Crippen molar-refractivity contribution < 1.29 is 4.79 Å². The fourth-order valence-electron chi connectivity index (χ4n) is 2.96. The molecule has 0 saturated heterocycles. The Labute approximate surface area is 110 Å². The van der Waals surface area contributed by atoms with Crippen molar-refractivity contribution in [1.29, 1.82) is 0 Å².